The molecular formula is C12H21NO3. The molecule has 1 aliphatic carbocycles. The predicted molar refractivity (Wildman–Crippen MR) is 61.0 cm³/mol. The molecule has 1 amide bonds. The van der Waals surface area contributed by atoms with Gasteiger partial charge in [0.05, 0.1) is 0 Å². The molecule has 0 spiro atoms. The Hall–Kier alpha value is -1.06. The third-order valence-corrected chi connectivity index (χ3v) is 2.96. The summed E-state index contributed by atoms with van der Waals surface area (Å²) in [4.78, 5) is 24.2. The van der Waals surface area contributed by atoms with Gasteiger partial charge in [0.25, 0.3) is 0 Å². The first-order valence-corrected chi connectivity index (χ1v) is 6.02. The molecule has 0 heterocycles. The van der Waals surface area contributed by atoms with Gasteiger partial charge in [0.2, 0.25) is 5.91 Å². The zero-order valence-corrected chi connectivity index (χ0v) is 10.1. The number of rotatable bonds is 7. The summed E-state index contributed by atoms with van der Waals surface area (Å²) >= 11 is 0. The fourth-order valence-corrected chi connectivity index (χ4v) is 1.82. The maximum Gasteiger partial charge on any atom is 0.303 e. The summed E-state index contributed by atoms with van der Waals surface area (Å²) in [5.41, 5.74) is 0. The molecule has 1 saturated carbocycles. The third-order valence-electron chi connectivity index (χ3n) is 2.96. The van der Waals surface area contributed by atoms with E-state index in [1.165, 1.54) is 12.8 Å². The maximum absolute atomic E-state index is 11.9. The lowest BCUT2D eigenvalue weighted by Gasteiger charge is -2.22. The van der Waals surface area contributed by atoms with Crippen LogP contribution in [-0.2, 0) is 9.59 Å². The Bertz CT molecular complexity index is 261. The average molecular weight is 227 g/mol. The molecule has 1 N–H and O–H groups in total. The highest BCUT2D eigenvalue weighted by atomic mass is 16.4. The summed E-state index contributed by atoms with van der Waals surface area (Å²) in [5.74, 6) is -0.106. The van der Waals surface area contributed by atoms with E-state index in [4.69, 9.17) is 5.11 Å². The van der Waals surface area contributed by atoms with Crippen LogP contribution >= 0.6 is 0 Å². The number of carbonyl (C=O) groups is 2. The number of carboxylic acid groups (broad SMARTS) is 1. The van der Waals surface area contributed by atoms with Crippen LogP contribution in [0.5, 0.6) is 0 Å². The summed E-state index contributed by atoms with van der Waals surface area (Å²) in [6.07, 6.45) is 2.89. The van der Waals surface area contributed by atoms with Crippen molar-refractivity contribution in [1.82, 2.24) is 4.90 Å². The minimum absolute atomic E-state index is 0.0711. The van der Waals surface area contributed by atoms with Crippen LogP contribution in [0.2, 0.25) is 0 Å². The number of hydrogen-bond acceptors (Lipinski definition) is 2. The van der Waals surface area contributed by atoms with Gasteiger partial charge in [-0.2, -0.15) is 0 Å². The van der Waals surface area contributed by atoms with Gasteiger partial charge in [0.1, 0.15) is 0 Å². The Morgan fingerprint density at radius 1 is 1.38 bits per heavy atom. The van der Waals surface area contributed by atoms with Crippen molar-refractivity contribution in [2.24, 2.45) is 11.8 Å². The van der Waals surface area contributed by atoms with Crippen molar-refractivity contribution in [3.8, 4) is 0 Å². The number of carboxylic acids is 1. The van der Waals surface area contributed by atoms with Crippen molar-refractivity contribution < 1.29 is 14.7 Å². The second-order valence-electron chi connectivity index (χ2n) is 4.78. The fourth-order valence-electron chi connectivity index (χ4n) is 1.82. The minimum atomic E-state index is -0.828. The summed E-state index contributed by atoms with van der Waals surface area (Å²) in [6.45, 7) is 5.38. The lowest BCUT2D eigenvalue weighted by molar-refractivity contribution is -0.138. The van der Waals surface area contributed by atoms with Crippen LogP contribution in [0.25, 0.3) is 0 Å². The molecule has 4 heteroatoms. The van der Waals surface area contributed by atoms with Gasteiger partial charge in [-0.25, -0.2) is 0 Å². The minimum Gasteiger partial charge on any atom is -0.481 e. The van der Waals surface area contributed by atoms with E-state index in [0.29, 0.717) is 12.3 Å². The molecule has 0 aromatic carbocycles. The Morgan fingerprint density at radius 3 is 2.44 bits per heavy atom. The Balaban J connectivity index is 2.32. The van der Waals surface area contributed by atoms with Gasteiger partial charge in [-0.15, -0.1) is 0 Å². The molecule has 1 rings (SSSR count). The number of carbonyl (C=O) groups excluding carboxylic acids is 1. The van der Waals surface area contributed by atoms with Crippen molar-refractivity contribution in [3.63, 3.8) is 0 Å². The molecule has 1 atom stereocenters. The van der Waals surface area contributed by atoms with Crippen LogP contribution in [0.1, 0.15) is 39.5 Å². The van der Waals surface area contributed by atoms with Crippen LogP contribution in [0, 0.1) is 11.8 Å². The summed E-state index contributed by atoms with van der Waals surface area (Å²) in [7, 11) is 0. The maximum atomic E-state index is 11.9. The van der Waals surface area contributed by atoms with E-state index >= 15 is 0 Å². The standard InChI is InChI=1S/C12H21NO3/c1-3-13(8-10-4-5-10)11(14)6-9(2)7-12(15)16/h9-10H,3-8H2,1-2H3,(H,15,16). The van der Waals surface area contributed by atoms with Crippen LogP contribution in [-0.4, -0.2) is 35.0 Å². The van der Waals surface area contributed by atoms with E-state index in [1.54, 1.807) is 0 Å². The van der Waals surface area contributed by atoms with E-state index < -0.39 is 5.97 Å². The van der Waals surface area contributed by atoms with Crippen LogP contribution < -0.4 is 0 Å². The monoisotopic (exact) mass is 227 g/mol. The van der Waals surface area contributed by atoms with Gasteiger partial charge in [-0.3, -0.25) is 9.59 Å². The quantitative estimate of drug-likeness (QED) is 0.720. The highest BCUT2D eigenvalue weighted by molar-refractivity contribution is 5.77. The Kier molecular flexibility index (Phi) is 4.77. The number of nitrogens with zero attached hydrogens (tertiary/aromatic N) is 1. The first kappa shape index (κ1) is 13.0. The van der Waals surface area contributed by atoms with Crippen molar-refractivity contribution in [3.05, 3.63) is 0 Å². The molecule has 0 saturated heterocycles. The molecule has 0 aromatic heterocycles. The first-order chi connectivity index (χ1) is 7.52. The molecule has 16 heavy (non-hydrogen) atoms. The fraction of sp³-hybridized carbons (Fsp3) is 0.833. The summed E-state index contributed by atoms with van der Waals surface area (Å²) < 4.78 is 0. The predicted octanol–water partition coefficient (Wildman–Crippen LogP) is 1.75. The molecule has 1 fully saturated rings. The van der Waals surface area contributed by atoms with Gasteiger partial charge in [0, 0.05) is 25.9 Å². The second kappa shape index (κ2) is 5.87. The van der Waals surface area contributed by atoms with Crippen molar-refractivity contribution >= 4 is 11.9 Å². The molecule has 0 radical (unpaired) electrons. The van der Waals surface area contributed by atoms with E-state index in [-0.39, 0.29) is 18.2 Å². The molecular weight excluding hydrogens is 206 g/mol. The average Bonchev–Trinajstić information content (AvgIpc) is 2.95. The smallest absolute Gasteiger partial charge is 0.303 e. The summed E-state index contributed by atoms with van der Waals surface area (Å²) in [6, 6.07) is 0. The van der Waals surface area contributed by atoms with Crippen molar-refractivity contribution in [1.29, 1.82) is 0 Å². The zero-order chi connectivity index (χ0) is 12.1. The molecule has 92 valence electrons. The lowest BCUT2D eigenvalue weighted by Crippen LogP contribution is -2.33. The van der Waals surface area contributed by atoms with E-state index in [9.17, 15) is 9.59 Å². The Morgan fingerprint density at radius 2 is 2.00 bits per heavy atom. The second-order valence-corrected chi connectivity index (χ2v) is 4.78. The molecule has 0 aliphatic heterocycles. The normalized spacial score (nSPS) is 16.9. The molecule has 4 nitrogen and oxygen atoms in total. The number of hydrogen-bond donors (Lipinski definition) is 1. The van der Waals surface area contributed by atoms with Crippen molar-refractivity contribution in [2.75, 3.05) is 13.1 Å². The zero-order valence-electron chi connectivity index (χ0n) is 10.1. The van der Waals surface area contributed by atoms with Crippen LogP contribution in [0.3, 0.4) is 0 Å². The molecule has 0 aromatic rings. The highest BCUT2D eigenvalue weighted by Crippen LogP contribution is 2.30. The first-order valence-electron chi connectivity index (χ1n) is 6.02. The van der Waals surface area contributed by atoms with Gasteiger partial charge in [0.15, 0.2) is 0 Å². The van der Waals surface area contributed by atoms with Gasteiger partial charge in [-0.1, -0.05) is 6.92 Å². The largest absolute Gasteiger partial charge is 0.481 e. The van der Waals surface area contributed by atoms with E-state index in [1.807, 2.05) is 18.7 Å². The molecule has 1 aliphatic rings. The van der Waals surface area contributed by atoms with Crippen LogP contribution in [0.4, 0.5) is 0 Å². The lowest BCUT2D eigenvalue weighted by atomic mass is 10.0. The third kappa shape index (κ3) is 4.64. The number of aliphatic carboxylic acids is 1. The van der Waals surface area contributed by atoms with Crippen LogP contribution in [0.15, 0.2) is 0 Å². The van der Waals surface area contributed by atoms with Gasteiger partial charge in [-0.05, 0) is 31.6 Å². The Labute approximate surface area is 96.6 Å². The van der Waals surface area contributed by atoms with Gasteiger partial charge < -0.3 is 10.0 Å². The molecule has 1 unspecified atom stereocenters. The van der Waals surface area contributed by atoms with E-state index in [0.717, 1.165) is 13.1 Å². The van der Waals surface area contributed by atoms with Crippen molar-refractivity contribution in [2.45, 2.75) is 39.5 Å². The molecule has 0 bridgehead atoms. The topological polar surface area (TPSA) is 57.6 Å². The van der Waals surface area contributed by atoms with E-state index in [2.05, 4.69) is 0 Å². The highest BCUT2D eigenvalue weighted by Gasteiger charge is 2.26. The SMILES string of the molecule is CCN(CC1CC1)C(=O)CC(C)CC(=O)O. The number of amides is 1. The van der Waals surface area contributed by atoms with Gasteiger partial charge >= 0.3 is 5.97 Å². The summed E-state index contributed by atoms with van der Waals surface area (Å²) in [5, 5.41) is 8.62.